The van der Waals surface area contributed by atoms with Gasteiger partial charge < -0.3 is 5.73 Å². The van der Waals surface area contributed by atoms with E-state index in [-0.39, 0.29) is 5.56 Å². The molecule has 1 atom stereocenters. The zero-order chi connectivity index (χ0) is 15.7. The van der Waals surface area contributed by atoms with Crippen molar-refractivity contribution >= 4 is 0 Å². The molecule has 0 fully saturated rings. The summed E-state index contributed by atoms with van der Waals surface area (Å²) in [6.07, 6.45) is -2.10. The molecule has 2 N–H and O–H groups in total. The van der Waals surface area contributed by atoms with Crippen LogP contribution in [0.2, 0.25) is 0 Å². The van der Waals surface area contributed by atoms with Crippen LogP contribution in [-0.4, -0.2) is 4.98 Å². The molecule has 112 valence electrons. The Morgan fingerprint density at radius 3 is 2.24 bits per heavy atom. The van der Waals surface area contributed by atoms with Gasteiger partial charge in [0, 0.05) is 29.4 Å². The van der Waals surface area contributed by atoms with Crippen LogP contribution in [0.4, 0.5) is 13.2 Å². The molecular formula is C16H17F3N2. The lowest BCUT2D eigenvalue weighted by atomic mass is 9.75. The van der Waals surface area contributed by atoms with E-state index < -0.39 is 23.2 Å². The summed E-state index contributed by atoms with van der Waals surface area (Å²) >= 11 is 0. The lowest BCUT2D eigenvalue weighted by molar-refractivity contribution is -0.138. The van der Waals surface area contributed by atoms with Gasteiger partial charge in [-0.2, -0.15) is 13.2 Å². The Balaban J connectivity index is 2.48. The minimum absolute atomic E-state index is 0.0128. The first-order valence-corrected chi connectivity index (χ1v) is 6.57. The Labute approximate surface area is 121 Å². The molecule has 5 heteroatoms. The summed E-state index contributed by atoms with van der Waals surface area (Å²) < 4.78 is 39.3. The maximum absolute atomic E-state index is 13.1. The number of nitrogens with two attached hydrogens (primary N) is 1. The summed E-state index contributed by atoms with van der Waals surface area (Å²) in [5.41, 5.74) is 5.68. The number of nitrogens with zero attached hydrogens (tertiary/aromatic N) is 1. The van der Waals surface area contributed by atoms with Gasteiger partial charge in [0.25, 0.3) is 0 Å². The number of benzene rings is 1. The molecule has 21 heavy (non-hydrogen) atoms. The van der Waals surface area contributed by atoms with Crippen molar-refractivity contribution < 1.29 is 13.2 Å². The molecule has 0 aliphatic rings. The highest BCUT2D eigenvalue weighted by molar-refractivity contribution is 5.35. The first-order chi connectivity index (χ1) is 9.74. The molecular weight excluding hydrogens is 277 g/mol. The van der Waals surface area contributed by atoms with Crippen molar-refractivity contribution in [2.45, 2.75) is 31.5 Å². The summed E-state index contributed by atoms with van der Waals surface area (Å²) in [6.45, 7) is 3.67. The Morgan fingerprint density at radius 2 is 1.67 bits per heavy atom. The van der Waals surface area contributed by atoms with E-state index in [9.17, 15) is 13.2 Å². The molecule has 1 aromatic heterocycles. The maximum Gasteiger partial charge on any atom is 0.416 e. The third-order valence-corrected chi connectivity index (χ3v) is 3.79. The topological polar surface area (TPSA) is 38.9 Å². The number of pyridine rings is 1. The molecule has 0 radical (unpaired) electrons. The van der Waals surface area contributed by atoms with Gasteiger partial charge in [0.2, 0.25) is 0 Å². The second-order valence-electron chi connectivity index (χ2n) is 5.53. The van der Waals surface area contributed by atoms with Crippen LogP contribution >= 0.6 is 0 Å². The van der Waals surface area contributed by atoms with Gasteiger partial charge in [-0.25, -0.2) is 0 Å². The van der Waals surface area contributed by atoms with Gasteiger partial charge in [0.1, 0.15) is 0 Å². The van der Waals surface area contributed by atoms with Crippen molar-refractivity contribution in [2.75, 3.05) is 0 Å². The van der Waals surface area contributed by atoms with Crippen LogP contribution < -0.4 is 5.73 Å². The molecule has 1 aromatic carbocycles. The number of hydrogen-bond donors (Lipinski definition) is 1. The van der Waals surface area contributed by atoms with E-state index in [1.165, 1.54) is 6.20 Å². The first kappa shape index (κ1) is 15.5. The van der Waals surface area contributed by atoms with Gasteiger partial charge in [-0.1, -0.05) is 44.2 Å². The van der Waals surface area contributed by atoms with E-state index in [0.29, 0.717) is 0 Å². The summed E-state index contributed by atoms with van der Waals surface area (Å²) in [5.74, 6) is 0. The zero-order valence-electron chi connectivity index (χ0n) is 11.9. The summed E-state index contributed by atoms with van der Waals surface area (Å²) in [4.78, 5) is 3.81. The van der Waals surface area contributed by atoms with Crippen molar-refractivity contribution in [1.29, 1.82) is 0 Å². The smallest absolute Gasteiger partial charge is 0.323 e. The number of rotatable bonds is 3. The number of halogens is 3. The fraction of sp³-hybridized carbons (Fsp3) is 0.312. The van der Waals surface area contributed by atoms with Crippen molar-refractivity contribution in [1.82, 2.24) is 4.98 Å². The maximum atomic E-state index is 13.1. The van der Waals surface area contributed by atoms with Crippen LogP contribution in [0.1, 0.15) is 36.6 Å². The number of alkyl halides is 3. The highest BCUT2D eigenvalue weighted by Crippen LogP contribution is 2.40. The molecule has 0 amide bonds. The molecule has 2 nitrogen and oxygen atoms in total. The summed E-state index contributed by atoms with van der Waals surface area (Å²) in [7, 11) is 0. The molecule has 0 bridgehead atoms. The quantitative estimate of drug-likeness (QED) is 0.926. The predicted octanol–water partition coefficient (Wildman–Crippen LogP) is 4.08. The molecule has 0 aliphatic carbocycles. The Kier molecular flexibility index (Phi) is 4.05. The lowest BCUT2D eigenvalue weighted by Gasteiger charge is -2.33. The van der Waals surface area contributed by atoms with E-state index in [1.54, 1.807) is 0 Å². The highest BCUT2D eigenvalue weighted by atomic mass is 19.4. The molecule has 0 saturated carbocycles. The monoisotopic (exact) mass is 294 g/mol. The Morgan fingerprint density at radius 1 is 1.05 bits per heavy atom. The Hall–Kier alpha value is -1.88. The largest absolute Gasteiger partial charge is 0.416 e. The van der Waals surface area contributed by atoms with Crippen molar-refractivity contribution in [2.24, 2.45) is 5.73 Å². The standard InChI is InChI=1S/C16H17F3N2/c1-15(2,11-6-4-3-5-7-11)14(20)12-10-21-9-8-13(12)16(17,18)19/h3-10,14H,20H2,1-2H3. The number of aromatic nitrogens is 1. The Bertz CT molecular complexity index is 606. The van der Waals surface area contributed by atoms with E-state index in [4.69, 9.17) is 5.73 Å². The van der Waals surface area contributed by atoms with Gasteiger partial charge in [0.15, 0.2) is 0 Å². The van der Waals surface area contributed by atoms with E-state index in [0.717, 1.165) is 17.8 Å². The molecule has 0 saturated heterocycles. The fourth-order valence-corrected chi connectivity index (χ4v) is 2.35. The SMILES string of the molecule is CC(C)(c1ccccc1)C(N)c1cnccc1C(F)(F)F. The minimum atomic E-state index is -4.44. The van der Waals surface area contributed by atoms with E-state index >= 15 is 0 Å². The van der Waals surface area contributed by atoms with Crippen molar-refractivity contribution in [3.8, 4) is 0 Å². The molecule has 0 aliphatic heterocycles. The van der Waals surface area contributed by atoms with Crippen LogP contribution in [0.25, 0.3) is 0 Å². The second-order valence-corrected chi connectivity index (χ2v) is 5.53. The molecule has 0 spiro atoms. The van der Waals surface area contributed by atoms with Crippen molar-refractivity contribution in [3.05, 3.63) is 65.5 Å². The third-order valence-electron chi connectivity index (χ3n) is 3.79. The lowest BCUT2D eigenvalue weighted by Crippen LogP contribution is -2.34. The van der Waals surface area contributed by atoms with Crippen LogP contribution in [0.15, 0.2) is 48.8 Å². The second kappa shape index (κ2) is 5.48. The highest BCUT2D eigenvalue weighted by Gasteiger charge is 2.38. The minimum Gasteiger partial charge on any atom is -0.323 e. The van der Waals surface area contributed by atoms with Crippen LogP contribution in [0.5, 0.6) is 0 Å². The van der Waals surface area contributed by atoms with Gasteiger partial charge in [-0.15, -0.1) is 0 Å². The summed E-state index contributed by atoms with van der Waals surface area (Å²) in [6, 6.07) is 9.43. The summed E-state index contributed by atoms with van der Waals surface area (Å²) in [5, 5.41) is 0. The van der Waals surface area contributed by atoms with Crippen LogP contribution in [0, 0.1) is 0 Å². The predicted molar refractivity (Wildman–Crippen MR) is 75.6 cm³/mol. The van der Waals surface area contributed by atoms with Crippen LogP contribution in [0.3, 0.4) is 0 Å². The molecule has 2 aromatic rings. The normalized spacial score (nSPS) is 14.0. The molecule has 1 unspecified atom stereocenters. The first-order valence-electron chi connectivity index (χ1n) is 6.57. The zero-order valence-corrected chi connectivity index (χ0v) is 11.9. The fourth-order valence-electron chi connectivity index (χ4n) is 2.35. The molecule has 2 rings (SSSR count). The average Bonchev–Trinajstić information content (AvgIpc) is 2.46. The van der Waals surface area contributed by atoms with Crippen molar-refractivity contribution in [3.63, 3.8) is 0 Å². The molecule has 1 heterocycles. The van der Waals surface area contributed by atoms with Gasteiger partial charge in [-0.05, 0) is 11.6 Å². The number of hydrogen-bond acceptors (Lipinski definition) is 2. The van der Waals surface area contributed by atoms with Gasteiger partial charge >= 0.3 is 6.18 Å². The van der Waals surface area contributed by atoms with E-state index in [1.807, 2.05) is 44.2 Å². The van der Waals surface area contributed by atoms with Crippen LogP contribution in [-0.2, 0) is 11.6 Å². The third kappa shape index (κ3) is 3.08. The van der Waals surface area contributed by atoms with Gasteiger partial charge in [0.05, 0.1) is 5.56 Å². The van der Waals surface area contributed by atoms with E-state index in [2.05, 4.69) is 4.98 Å². The van der Waals surface area contributed by atoms with Gasteiger partial charge in [-0.3, -0.25) is 4.98 Å². The average molecular weight is 294 g/mol.